The third kappa shape index (κ3) is 2.00. The summed E-state index contributed by atoms with van der Waals surface area (Å²) in [6.45, 7) is 7.48. The van der Waals surface area contributed by atoms with E-state index in [-0.39, 0.29) is 17.1 Å². The van der Waals surface area contributed by atoms with Crippen molar-refractivity contribution in [1.82, 2.24) is 0 Å². The Labute approximate surface area is 101 Å². The van der Waals surface area contributed by atoms with Crippen LogP contribution in [0.25, 0.3) is 0 Å². The highest BCUT2D eigenvalue weighted by Crippen LogP contribution is 2.39. The molecule has 1 amide bonds. The van der Waals surface area contributed by atoms with E-state index < -0.39 is 0 Å². The highest BCUT2D eigenvalue weighted by molar-refractivity contribution is 6.03. The van der Waals surface area contributed by atoms with E-state index in [2.05, 4.69) is 11.9 Å². The second kappa shape index (κ2) is 3.84. The lowest BCUT2D eigenvalue weighted by Crippen LogP contribution is -2.13. The normalized spacial score (nSPS) is 16.5. The van der Waals surface area contributed by atoms with E-state index in [1.54, 1.807) is 12.1 Å². The molecule has 3 heteroatoms. The number of amides is 1. The molecule has 0 radical (unpaired) electrons. The van der Waals surface area contributed by atoms with Crippen molar-refractivity contribution in [3.8, 4) is 0 Å². The molecule has 0 fully saturated rings. The van der Waals surface area contributed by atoms with E-state index in [4.69, 9.17) is 0 Å². The van der Waals surface area contributed by atoms with Crippen LogP contribution >= 0.6 is 0 Å². The van der Waals surface area contributed by atoms with Crippen LogP contribution in [0.15, 0.2) is 30.9 Å². The Morgan fingerprint density at radius 2 is 2.18 bits per heavy atom. The Kier molecular flexibility index (Phi) is 2.62. The summed E-state index contributed by atoms with van der Waals surface area (Å²) >= 11 is 0. The molecule has 0 unspecified atom stereocenters. The fraction of sp³-hybridized carbons (Fsp3) is 0.286. The average molecular weight is 229 g/mol. The molecule has 0 saturated heterocycles. The molecule has 1 aromatic rings. The summed E-state index contributed by atoms with van der Waals surface area (Å²) in [5.74, 6) is -0.0707. The maximum Gasteiger partial charge on any atom is 0.247 e. The average Bonchev–Trinajstić information content (AvgIpc) is 2.49. The van der Waals surface area contributed by atoms with Crippen molar-refractivity contribution < 1.29 is 9.59 Å². The van der Waals surface area contributed by atoms with Gasteiger partial charge in [-0.05, 0) is 35.3 Å². The van der Waals surface area contributed by atoms with Gasteiger partial charge in [0.05, 0.1) is 0 Å². The number of hydrogen-bond acceptors (Lipinski definition) is 2. The number of benzene rings is 1. The van der Waals surface area contributed by atoms with Gasteiger partial charge in [-0.1, -0.05) is 20.4 Å². The van der Waals surface area contributed by atoms with Crippen LogP contribution in [0.3, 0.4) is 0 Å². The molecule has 1 aliphatic rings. The van der Waals surface area contributed by atoms with E-state index in [1.807, 2.05) is 19.9 Å². The monoisotopic (exact) mass is 229 g/mol. The summed E-state index contributed by atoms with van der Waals surface area (Å²) in [4.78, 5) is 23.0. The first-order valence-corrected chi connectivity index (χ1v) is 5.55. The molecule has 1 N–H and O–H groups in total. The van der Waals surface area contributed by atoms with Gasteiger partial charge in [0.2, 0.25) is 5.91 Å². The topological polar surface area (TPSA) is 46.2 Å². The number of Topliss-reactive ketones (excluding diaryl/α,β-unsaturated/α-hetero) is 1. The van der Waals surface area contributed by atoms with Gasteiger partial charge in [0.25, 0.3) is 0 Å². The number of hydrogen-bond donors (Lipinski definition) is 1. The standard InChI is InChI=1S/C14H15NO2/c1-4-13(17)15-9-5-6-10-11(7-9)14(2,3)8-12(10)16/h4-7H,1,8H2,2-3H3,(H,15,17). The molecule has 0 bridgehead atoms. The van der Waals surface area contributed by atoms with Gasteiger partial charge in [0.1, 0.15) is 0 Å². The molecule has 0 aliphatic heterocycles. The molecule has 17 heavy (non-hydrogen) atoms. The highest BCUT2D eigenvalue weighted by atomic mass is 16.1. The van der Waals surface area contributed by atoms with Crippen LogP contribution in [0, 0.1) is 0 Å². The van der Waals surface area contributed by atoms with Gasteiger partial charge in [-0.3, -0.25) is 9.59 Å². The Morgan fingerprint density at radius 1 is 1.47 bits per heavy atom. The zero-order valence-electron chi connectivity index (χ0n) is 10.0. The Hall–Kier alpha value is -1.90. The number of fused-ring (bicyclic) bond motifs is 1. The molecule has 0 spiro atoms. The van der Waals surface area contributed by atoms with Crippen LogP contribution in [0.4, 0.5) is 5.69 Å². The summed E-state index contributed by atoms with van der Waals surface area (Å²) in [7, 11) is 0. The third-order valence-electron chi connectivity index (χ3n) is 3.10. The van der Waals surface area contributed by atoms with Crippen molar-refractivity contribution >= 4 is 17.4 Å². The van der Waals surface area contributed by atoms with Crippen LogP contribution in [-0.4, -0.2) is 11.7 Å². The Bertz CT molecular complexity index is 515. The Balaban J connectivity index is 2.40. The number of carbonyl (C=O) groups excluding carboxylic acids is 2. The van der Waals surface area contributed by atoms with Crippen molar-refractivity contribution in [1.29, 1.82) is 0 Å². The predicted octanol–water partition coefficient (Wildman–Crippen LogP) is 2.68. The van der Waals surface area contributed by atoms with E-state index in [0.29, 0.717) is 12.1 Å². The van der Waals surface area contributed by atoms with Crippen LogP contribution in [-0.2, 0) is 10.2 Å². The largest absolute Gasteiger partial charge is 0.323 e. The third-order valence-corrected chi connectivity index (χ3v) is 3.10. The summed E-state index contributed by atoms with van der Waals surface area (Å²) in [6, 6.07) is 5.41. The molecule has 1 aliphatic carbocycles. The van der Waals surface area contributed by atoms with E-state index in [9.17, 15) is 9.59 Å². The number of ketones is 1. The zero-order chi connectivity index (χ0) is 12.6. The molecule has 2 rings (SSSR count). The van der Waals surface area contributed by atoms with Crippen molar-refractivity contribution in [2.24, 2.45) is 0 Å². The molecule has 3 nitrogen and oxygen atoms in total. The van der Waals surface area contributed by atoms with Crippen LogP contribution in [0.1, 0.15) is 36.2 Å². The molecular formula is C14H15NO2. The number of anilines is 1. The minimum Gasteiger partial charge on any atom is -0.323 e. The number of rotatable bonds is 2. The molecular weight excluding hydrogens is 214 g/mol. The quantitative estimate of drug-likeness (QED) is 0.792. The SMILES string of the molecule is C=CC(=O)Nc1ccc2c(c1)C(C)(C)CC2=O. The van der Waals surface area contributed by atoms with Crippen molar-refractivity contribution in [2.75, 3.05) is 5.32 Å². The first-order chi connectivity index (χ1) is 7.94. The van der Waals surface area contributed by atoms with Crippen molar-refractivity contribution in [3.05, 3.63) is 42.0 Å². The first kappa shape index (κ1) is 11.6. The van der Waals surface area contributed by atoms with Gasteiger partial charge < -0.3 is 5.32 Å². The Morgan fingerprint density at radius 3 is 2.82 bits per heavy atom. The summed E-state index contributed by atoms with van der Waals surface area (Å²) in [5.41, 5.74) is 2.33. The lowest BCUT2D eigenvalue weighted by Gasteiger charge is -2.18. The highest BCUT2D eigenvalue weighted by Gasteiger charge is 2.35. The molecule has 0 saturated carbocycles. The first-order valence-electron chi connectivity index (χ1n) is 5.55. The second-order valence-corrected chi connectivity index (χ2v) is 4.94. The van der Waals surface area contributed by atoms with Gasteiger partial charge in [-0.25, -0.2) is 0 Å². The fourth-order valence-electron chi connectivity index (χ4n) is 2.21. The van der Waals surface area contributed by atoms with Crippen molar-refractivity contribution in [2.45, 2.75) is 25.7 Å². The van der Waals surface area contributed by atoms with Crippen LogP contribution in [0.5, 0.6) is 0 Å². The molecule has 0 aromatic heterocycles. The maximum absolute atomic E-state index is 11.8. The summed E-state index contributed by atoms with van der Waals surface area (Å²) in [5, 5.41) is 2.71. The van der Waals surface area contributed by atoms with Crippen LogP contribution in [0.2, 0.25) is 0 Å². The lowest BCUT2D eigenvalue weighted by molar-refractivity contribution is -0.111. The maximum atomic E-state index is 11.8. The molecule has 0 atom stereocenters. The van der Waals surface area contributed by atoms with E-state index in [1.165, 1.54) is 6.08 Å². The number of carbonyl (C=O) groups is 2. The molecule has 0 heterocycles. The minimum atomic E-state index is -0.243. The smallest absolute Gasteiger partial charge is 0.247 e. The van der Waals surface area contributed by atoms with E-state index >= 15 is 0 Å². The van der Waals surface area contributed by atoms with Gasteiger partial charge in [0.15, 0.2) is 5.78 Å². The van der Waals surface area contributed by atoms with Crippen LogP contribution < -0.4 is 5.32 Å². The van der Waals surface area contributed by atoms with Crippen molar-refractivity contribution in [3.63, 3.8) is 0 Å². The fourth-order valence-corrected chi connectivity index (χ4v) is 2.21. The van der Waals surface area contributed by atoms with Gasteiger partial charge >= 0.3 is 0 Å². The molecule has 88 valence electrons. The number of nitrogens with one attached hydrogen (secondary N) is 1. The minimum absolute atomic E-state index is 0.151. The van der Waals surface area contributed by atoms with Gasteiger partial charge in [-0.15, -0.1) is 0 Å². The summed E-state index contributed by atoms with van der Waals surface area (Å²) in [6.07, 6.45) is 1.75. The summed E-state index contributed by atoms with van der Waals surface area (Å²) < 4.78 is 0. The lowest BCUT2D eigenvalue weighted by atomic mass is 9.86. The second-order valence-electron chi connectivity index (χ2n) is 4.94. The predicted molar refractivity (Wildman–Crippen MR) is 67.2 cm³/mol. The molecule has 1 aromatic carbocycles. The van der Waals surface area contributed by atoms with Gasteiger partial charge in [-0.2, -0.15) is 0 Å². The van der Waals surface area contributed by atoms with Gasteiger partial charge in [0, 0.05) is 17.7 Å². The zero-order valence-corrected chi connectivity index (χ0v) is 10.0. The van der Waals surface area contributed by atoms with E-state index in [0.717, 1.165) is 11.1 Å².